The van der Waals surface area contributed by atoms with Gasteiger partial charge in [0, 0.05) is 26.1 Å². The molecule has 7 nitrogen and oxygen atoms in total. The number of nitrogen functional groups attached to an aromatic ring is 1. The minimum absolute atomic E-state index is 0.0218. The predicted octanol–water partition coefficient (Wildman–Crippen LogP) is 1.18. The van der Waals surface area contributed by atoms with Gasteiger partial charge in [-0.25, -0.2) is 4.98 Å². The van der Waals surface area contributed by atoms with E-state index < -0.39 is 0 Å². The Kier molecular flexibility index (Phi) is 3.62. The molecular formula is C13H18N6OS. The number of likely N-dealkylation sites (tertiary alicyclic amines) is 1. The highest BCUT2D eigenvalue weighted by Gasteiger charge is 2.29. The monoisotopic (exact) mass is 306 g/mol. The van der Waals surface area contributed by atoms with Crippen molar-refractivity contribution in [1.82, 2.24) is 24.6 Å². The van der Waals surface area contributed by atoms with Crippen molar-refractivity contribution in [2.75, 3.05) is 18.8 Å². The van der Waals surface area contributed by atoms with E-state index in [0.29, 0.717) is 22.2 Å². The maximum atomic E-state index is 12.6. The number of hydrogen-bond acceptors (Lipinski definition) is 6. The van der Waals surface area contributed by atoms with Crippen molar-refractivity contribution < 1.29 is 4.79 Å². The summed E-state index contributed by atoms with van der Waals surface area (Å²) in [5.74, 6) is 1.20. The number of nitrogens with two attached hydrogens (primary N) is 1. The smallest absolute Gasteiger partial charge is 0.265 e. The van der Waals surface area contributed by atoms with Crippen molar-refractivity contribution in [1.29, 1.82) is 0 Å². The Labute approximate surface area is 126 Å². The summed E-state index contributed by atoms with van der Waals surface area (Å²) >= 11 is 1.26. The zero-order chi connectivity index (χ0) is 15.0. The van der Waals surface area contributed by atoms with E-state index in [-0.39, 0.29) is 11.8 Å². The van der Waals surface area contributed by atoms with E-state index in [1.807, 2.05) is 23.4 Å². The van der Waals surface area contributed by atoms with Gasteiger partial charge >= 0.3 is 0 Å². The molecule has 8 heteroatoms. The van der Waals surface area contributed by atoms with E-state index in [0.717, 1.165) is 25.2 Å². The van der Waals surface area contributed by atoms with E-state index in [2.05, 4.69) is 15.2 Å². The Morgan fingerprint density at radius 3 is 2.95 bits per heavy atom. The molecule has 2 N–H and O–H groups in total. The summed E-state index contributed by atoms with van der Waals surface area (Å²) in [4.78, 5) is 19.3. The van der Waals surface area contributed by atoms with Crippen molar-refractivity contribution in [3.8, 4) is 0 Å². The van der Waals surface area contributed by atoms with Crippen molar-refractivity contribution in [2.24, 2.45) is 7.05 Å². The molecule has 2 aromatic heterocycles. The first-order chi connectivity index (χ1) is 10.1. The van der Waals surface area contributed by atoms with Crippen molar-refractivity contribution >= 4 is 22.4 Å². The lowest BCUT2D eigenvalue weighted by atomic mass is 9.97. The van der Waals surface area contributed by atoms with Crippen LogP contribution in [0.25, 0.3) is 0 Å². The highest BCUT2D eigenvalue weighted by atomic mass is 32.1. The van der Waals surface area contributed by atoms with Gasteiger partial charge in [0.05, 0.1) is 5.69 Å². The molecule has 3 heterocycles. The number of hydrogen-bond donors (Lipinski definition) is 1. The van der Waals surface area contributed by atoms with E-state index in [1.165, 1.54) is 11.3 Å². The van der Waals surface area contributed by atoms with Crippen LogP contribution >= 0.6 is 11.3 Å². The molecule has 3 rings (SSSR count). The molecule has 1 saturated heterocycles. The fourth-order valence-corrected chi connectivity index (χ4v) is 3.59. The van der Waals surface area contributed by atoms with Gasteiger partial charge in [-0.3, -0.25) is 4.79 Å². The maximum absolute atomic E-state index is 12.6. The third kappa shape index (κ3) is 2.63. The Bertz CT molecular complexity index is 663. The van der Waals surface area contributed by atoms with E-state index >= 15 is 0 Å². The Hall–Kier alpha value is -1.96. The fraction of sp³-hybridized carbons (Fsp3) is 0.538. The molecule has 0 aromatic carbocycles. The second-order valence-electron chi connectivity index (χ2n) is 5.36. The molecule has 0 bridgehead atoms. The molecule has 1 aliphatic rings. The van der Waals surface area contributed by atoms with Crippen molar-refractivity contribution in [2.45, 2.75) is 25.7 Å². The van der Waals surface area contributed by atoms with Crippen LogP contribution in [0.15, 0.2) is 6.33 Å². The summed E-state index contributed by atoms with van der Waals surface area (Å²) in [7, 11) is 1.93. The van der Waals surface area contributed by atoms with Gasteiger partial charge in [0.2, 0.25) is 0 Å². The van der Waals surface area contributed by atoms with Gasteiger partial charge in [0.15, 0.2) is 5.13 Å². The van der Waals surface area contributed by atoms with Crippen LogP contribution in [0, 0.1) is 6.92 Å². The van der Waals surface area contributed by atoms with Crippen LogP contribution in [0.4, 0.5) is 5.13 Å². The Morgan fingerprint density at radius 2 is 2.33 bits per heavy atom. The van der Waals surface area contributed by atoms with Crippen LogP contribution in [-0.2, 0) is 7.05 Å². The second kappa shape index (κ2) is 5.44. The van der Waals surface area contributed by atoms with Crippen LogP contribution in [0.3, 0.4) is 0 Å². The molecule has 0 aliphatic carbocycles. The largest absolute Gasteiger partial charge is 0.375 e. The first-order valence-corrected chi connectivity index (χ1v) is 7.74. The number of nitrogens with zero attached hydrogens (tertiary/aromatic N) is 5. The van der Waals surface area contributed by atoms with Gasteiger partial charge in [-0.1, -0.05) is 11.3 Å². The number of carbonyl (C=O) groups is 1. The lowest BCUT2D eigenvalue weighted by Crippen LogP contribution is -2.39. The van der Waals surface area contributed by atoms with Crippen LogP contribution in [0.5, 0.6) is 0 Å². The quantitative estimate of drug-likeness (QED) is 0.900. The maximum Gasteiger partial charge on any atom is 0.265 e. The fourth-order valence-electron chi connectivity index (χ4n) is 2.79. The molecule has 0 saturated carbocycles. The molecule has 2 aromatic rings. The SMILES string of the molecule is Cc1nc(N)sc1C(=O)N1CCCC(c2nncn2C)C1. The number of piperidine rings is 1. The summed E-state index contributed by atoms with van der Waals surface area (Å²) in [6.07, 6.45) is 3.70. The predicted molar refractivity (Wildman–Crippen MR) is 80.1 cm³/mol. The molecule has 1 unspecified atom stereocenters. The van der Waals surface area contributed by atoms with Gasteiger partial charge in [-0.15, -0.1) is 10.2 Å². The molecular weight excluding hydrogens is 288 g/mol. The number of aromatic nitrogens is 4. The topological polar surface area (TPSA) is 89.9 Å². The van der Waals surface area contributed by atoms with E-state index in [1.54, 1.807) is 6.33 Å². The molecule has 0 radical (unpaired) electrons. The molecule has 1 aliphatic heterocycles. The molecule has 1 amide bonds. The van der Waals surface area contributed by atoms with Crippen LogP contribution in [-0.4, -0.2) is 43.6 Å². The van der Waals surface area contributed by atoms with Gasteiger partial charge in [-0.2, -0.15) is 0 Å². The molecule has 112 valence electrons. The molecule has 0 spiro atoms. The minimum Gasteiger partial charge on any atom is -0.375 e. The first-order valence-electron chi connectivity index (χ1n) is 6.92. The highest BCUT2D eigenvalue weighted by Crippen LogP contribution is 2.28. The average molecular weight is 306 g/mol. The highest BCUT2D eigenvalue weighted by molar-refractivity contribution is 7.17. The van der Waals surface area contributed by atoms with Gasteiger partial charge in [-0.05, 0) is 19.8 Å². The van der Waals surface area contributed by atoms with Gasteiger partial charge in [0.1, 0.15) is 17.0 Å². The summed E-state index contributed by atoms with van der Waals surface area (Å²) in [6, 6.07) is 0. The number of anilines is 1. The summed E-state index contributed by atoms with van der Waals surface area (Å²) in [6.45, 7) is 3.26. The molecule has 1 fully saturated rings. The number of aryl methyl sites for hydroxylation is 2. The van der Waals surface area contributed by atoms with Gasteiger partial charge in [0.25, 0.3) is 5.91 Å². The van der Waals surface area contributed by atoms with Crippen LogP contribution in [0.2, 0.25) is 0 Å². The standard InChI is InChI=1S/C13H18N6OS/c1-8-10(21-13(14)16-8)12(20)19-5-3-4-9(6-19)11-17-15-7-18(11)2/h7,9H,3-6H2,1-2H3,(H2,14,16). The summed E-state index contributed by atoms with van der Waals surface area (Å²) < 4.78 is 1.93. The first kappa shape index (κ1) is 14.0. The molecule has 21 heavy (non-hydrogen) atoms. The van der Waals surface area contributed by atoms with Crippen molar-refractivity contribution in [3.63, 3.8) is 0 Å². The Balaban J connectivity index is 1.79. The lowest BCUT2D eigenvalue weighted by molar-refractivity contribution is 0.0707. The number of carbonyl (C=O) groups excluding carboxylic acids is 1. The zero-order valence-corrected chi connectivity index (χ0v) is 12.9. The number of thiazole rings is 1. The third-order valence-corrected chi connectivity index (χ3v) is 4.80. The van der Waals surface area contributed by atoms with Gasteiger partial charge < -0.3 is 15.2 Å². The summed E-state index contributed by atoms with van der Waals surface area (Å²) in [5.41, 5.74) is 6.40. The Morgan fingerprint density at radius 1 is 1.52 bits per heavy atom. The van der Waals surface area contributed by atoms with Crippen LogP contribution in [0.1, 0.15) is 39.9 Å². The number of amides is 1. The molecule has 1 atom stereocenters. The van der Waals surface area contributed by atoms with E-state index in [9.17, 15) is 4.79 Å². The average Bonchev–Trinajstić information content (AvgIpc) is 3.03. The number of rotatable bonds is 2. The lowest BCUT2D eigenvalue weighted by Gasteiger charge is -2.32. The minimum atomic E-state index is 0.0218. The summed E-state index contributed by atoms with van der Waals surface area (Å²) in [5, 5.41) is 8.54. The second-order valence-corrected chi connectivity index (χ2v) is 6.39. The van der Waals surface area contributed by atoms with E-state index in [4.69, 9.17) is 5.73 Å². The normalized spacial score (nSPS) is 19.0. The zero-order valence-electron chi connectivity index (χ0n) is 12.1. The van der Waals surface area contributed by atoms with Crippen molar-refractivity contribution in [3.05, 3.63) is 22.7 Å². The van der Waals surface area contributed by atoms with Crippen LogP contribution < -0.4 is 5.73 Å². The third-order valence-electron chi connectivity index (χ3n) is 3.83.